The Morgan fingerprint density at radius 3 is 0.649 bits per heavy atom. The number of nitrogens with two attached hydrogens (primary N) is 1. The number of benzene rings is 10. The van der Waals surface area contributed by atoms with E-state index in [0.717, 1.165) is 44.1 Å². The Labute approximate surface area is 844 Å². The van der Waals surface area contributed by atoms with Crippen molar-refractivity contribution < 1.29 is 77.3 Å². The number of fused-ring (bicyclic) bond motifs is 11. The number of nitrogens with one attached hydrogen (secondary N) is 18. The van der Waals surface area contributed by atoms with E-state index in [2.05, 4.69) is 93.0 Å². The van der Waals surface area contributed by atoms with Crippen molar-refractivity contribution >= 4 is 164 Å². The molecule has 1 aliphatic carbocycles. The van der Waals surface area contributed by atoms with Gasteiger partial charge in [-0.15, -0.1) is 0 Å². The van der Waals surface area contributed by atoms with Gasteiger partial charge in [0, 0.05) is 207 Å². The van der Waals surface area contributed by atoms with E-state index in [-0.39, 0.29) is 63.9 Å². The molecule has 8 aromatic heterocycles. The van der Waals surface area contributed by atoms with E-state index < -0.39 is 163 Å². The van der Waals surface area contributed by atoms with Crippen LogP contribution in [0.2, 0.25) is 0 Å². The highest BCUT2D eigenvalue weighted by Crippen LogP contribution is 2.45. The molecule has 22 N–H and O–H groups in total. The summed E-state index contributed by atoms with van der Waals surface area (Å²) in [5, 5.41) is 54.6. The van der Waals surface area contributed by atoms with Crippen molar-refractivity contribution in [3.8, 4) is 11.1 Å². The second-order valence-corrected chi connectivity index (χ2v) is 37.3. The molecule has 35 nitrogen and oxygen atoms in total. The average Bonchev–Trinajstić information content (AvgIpc) is 1.63. The van der Waals surface area contributed by atoms with Gasteiger partial charge >= 0.3 is 18.0 Å². The zero-order valence-corrected chi connectivity index (χ0v) is 79.9. The standard InChI is InChI=1S/C113H107N19O16/c114-103(137)93(45-62-53-115-83-33-13-5-21-70(62)83)125-108(142)96(48-65-56-118-86-36-16-8-24-73(65)86)126-104(138)91(41-43-101(133)134)123-106(140)94(46-63-54-116-84-34-14-6-22-71(63)84)128-110(144)98(50-67-58-120-88-38-18-10-26-75(67)88)130-111(145)99(51-68-59-121-89-39-19-11-27-76(68)89)129-109(143)97(49-66-57-119-87-37-17-9-25-74(66)87)127-105(139)92(42-44-102(135)136)124-107(141)95(47-64-55-117-85-35-15-7-23-72(64)85)131-112(146)100(52-69-60-122-90-40-20-12-28-77(69)90)132-113(147)148-61-82-80-31-3-1-29-78(80)79-30-2-4-32-81(79)82/h1-40,53-60,82,91-100,115-122H,41-52,61H2,(H2,114,137)(H,123,140)(H,124,141)(H,125,142)(H,126,138)(H,127,139)(H,128,144)(H,129,143)(H,130,145)(H,131,146)(H,132,147)(H,133,134)(H,135,136)/t91-,92-,93-,94-,95-,96-,97-,98-,99-,100-/m0/s1. The first-order valence-electron chi connectivity index (χ1n) is 48.9. The number of para-hydroxylation sites is 8. The lowest BCUT2D eigenvalue weighted by atomic mass is 9.98. The van der Waals surface area contributed by atoms with Crippen LogP contribution in [0.15, 0.2) is 292 Å². The van der Waals surface area contributed by atoms with Crippen LogP contribution < -0.4 is 58.9 Å². The number of hydrogen-bond donors (Lipinski definition) is 21. The molecule has 0 aliphatic heterocycles. The molecule has 750 valence electrons. The number of aromatic amines is 8. The van der Waals surface area contributed by atoms with Crippen molar-refractivity contribution in [2.45, 2.75) is 143 Å². The fraction of sp³-hybridized carbons (Fsp3) is 0.212. The van der Waals surface area contributed by atoms with Gasteiger partial charge in [-0.1, -0.05) is 194 Å². The number of aliphatic carboxylic acids is 2. The number of hydrogen-bond acceptors (Lipinski definition) is 14. The first-order valence-corrected chi connectivity index (χ1v) is 48.9. The molecule has 11 amide bonds. The highest BCUT2D eigenvalue weighted by Gasteiger charge is 2.40. The number of aromatic nitrogens is 8. The van der Waals surface area contributed by atoms with Gasteiger partial charge in [0.15, 0.2) is 0 Å². The van der Waals surface area contributed by atoms with Gasteiger partial charge in [-0.3, -0.25) is 57.5 Å². The summed E-state index contributed by atoms with van der Waals surface area (Å²) in [6.45, 7) is -0.106. The number of amides is 11. The van der Waals surface area contributed by atoms with Crippen LogP contribution in [-0.2, 0) is 114 Å². The van der Waals surface area contributed by atoms with Crippen molar-refractivity contribution in [2.75, 3.05) is 6.61 Å². The molecule has 148 heavy (non-hydrogen) atoms. The predicted molar refractivity (Wildman–Crippen MR) is 558 cm³/mol. The number of H-pyrrole nitrogens is 8. The highest BCUT2D eigenvalue weighted by molar-refractivity contribution is 6.03. The third kappa shape index (κ3) is 22.3. The van der Waals surface area contributed by atoms with E-state index in [4.69, 9.17) is 10.5 Å². The van der Waals surface area contributed by atoms with Crippen LogP contribution in [0.3, 0.4) is 0 Å². The molecule has 0 bridgehead atoms. The summed E-state index contributed by atoms with van der Waals surface area (Å²) in [4.78, 5) is 222. The van der Waals surface area contributed by atoms with Crippen LogP contribution in [0.4, 0.5) is 4.79 Å². The molecule has 0 unspecified atom stereocenters. The summed E-state index contributed by atoms with van der Waals surface area (Å²) < 4.78 is 6.05. The lowest BCUT2D eigenvalue weighted by Gasteiger charge is -2.28. The third-order valence-electron chi connectivity index (χ3n) is 27.8. The number of carboxylic acids is 2. The van der Waals surface area contributed by atoms with Gasteiger partial charge in [-0.25, -0.2) is 4.79 Å². The SMILES string of the molecule is NC(=O)[C@H](Cc1c[nH]c2ccccc12)NC(=O)[C@H](Cc1c[nH]c2ccccc12)NC(=O)[C@H](CCC(=O)O)NC(=O)[C@H](Cc1c[nH]c2ccccc12)NC(=O)[C@H](Cc1c[nH]c2ccccc12)NC(=O)[C@H](Cc1c[nH]c2ccccc12)NC(=O)[C@H](Cc1c[nH]c2ccccc12)NC(=O)[C@H](CCC(=O)O)NC(=O)[C@H](Cc1c[nH]c2ccccc12)NC(=O)[C@H](Cc1c[nH]c2ccccc12)NC(=O)OCC1c2ccccc2-c2ccccc21. The Kier molecular flexibility index (Phi) is 29.3. The summed E-state index contributed by atoms with van der Waals surface area (Å²) in [6, 6.07) is 57.2. The van der Waals surface area contributed by atoms with Crippen molar-refractivity contribution in [2.24, 2.45) is 5.73 Å². The Morgan fingerprint density at radius 2 is 0.426 bits per heavy atom. The Morgan fingerprint density at radius 1 is 0.243 bits per heavy atom. The number of ether oxygens (including phenoxy) is 1. The molecule has 0 spiro atoms. The second kappa shape index (κ2) is 44.1. The van der Waals surface area contributed by atoms with Crippen LogP contribution in [0.25, 0.3) is 98.4 Å². The van der Waals surface area contributed by atoms with Crippen molar-refractivity contribution in [1.82, 2.24) is 93.0 Å². The van der Waals surface area contributed by atoms with Gasteiger partial charge in [0.25, 0.3) is 0 Å². The molecule has 1 aliphatic rings. The minimum absolute atomic E-state index is 0.0628. The first-order chi connectivity index (χ1) is 71.9. The van der Waals surface area contributed by atoms with Gasteiger partial charge in [-0.2, -0.15) is 0 Å². The van der Waals surface area contributed by atoms with E-state index in [1.54, 1.807) is 171 Å². The lowest BCUT2D eigenvalue weighted by molar-refractivity contribution is -0.139. The van der Waals surface area contributed by atoms with E-state index >= 15 is 43.2 Å². The number of carbonyl (C=O) groups is 13. The Bertz CT molecular complexity index is 7970. The van der Waals surface area contributed by atoms with Crippen molar-refractivity contribution in [3.63, 3.8) is 0 Å². The molecule has 18 aromatic rings. The minimum atomic E-state index is -1.80. The summed E-state index contributed by atoms with van der Waals surface area (Å²) in [5.74, 6) is -12.7. The maximum Gasteiger partial charge on any atom is 0.407 e. The van der Waals surface area contributed by atoms with E-state index in [1.165, 1.54) is 0 Å². The maximum absolute atomic E-state index is 16.3. The van der Waals surface area contributed by atoms with E-state index in [9.17, 15) is 29.4 Å². The van der Waals surface area contributed by atoms with Crippen LogP contribution in [0.1, 0.15) is 87.2 Å². The molecule has 19 rings (SSSR count). The smallest absolute Gasteiger partial charge is 0.407 e. The molecule has 35 heteroatoms. The van der Waals surface area contributed by atoms with Gasteiger partial charge < -0.3 is 114 Å². The Hall–Kier alpha value is -18.6. The van der Waals surface area contributed by atoms with Gasteiger partial charge in [0.2, 0.25) is 59.1 Å². The summed E-state index contributed by atoms with van der Waals surface area (Å²) in [5.41, 5.74) is 19.7. The topological polar surface area (TPSA) is 544 Å². The molecule has 0 fully saturated rings. The van der Waals surface area contributed by atoms with Crippen LogP contribution in [0.5, 0.6) is 0 Å². The molecular formula is C113H107N19O16. The monoisotopic (exact) mass is 1990 g/mol. The average molecular weight is 1990 g/mol. The zero-order chi connectivity index (χ0) is 103. The van der Waals surface area contributed by atoms with Gasteiger partial charge in [0.05, 0.1) is 0 Å². The molecule has 8 heterocycles. The number of carboxylic acid groups (broad SMARTS) is 2. The minimum Gasteiger partial charge on any atom is -0.481 e. The van der Waals surface area contributed by atoms with Gasteiger partial charge in [-0.05, 0) is 128 Å². The normalized spacial score (nSPS) is 13.9. The van der Waals surface area contributed by atoms with Gasteiger partial charge in [0.1, 0.15) is 67.0 Å². The van der Waals surface area contributed by atoms with Crippen LogP contribution in [-0.4, -0.2) is 194 Å². The van der Waals surface area contributed by atoms with E-state index in [1.807, 2.05) is 121 Å². The maximum atomic E-state index is 16.3. The predicted octanol–water partition coefficient (Wildman–Crippen LogP) is 11.3. The fourth-order valence-electron chi connectivity index (χ4n) is 20.2. The molecule has 10 atom stereocenters. The largest absolute Gasteiger partial charge is 0.481 e. The first kappa shape index (κ1) is 98.2. The molecule has 0 saturated heterocycles. The molecule has 0 radical (unpaired) electrons. The summed E-state index contributed by atoms with van der Waals surface area (Å²) in [7, 11) is 0. The number of carbonyl (C=O) groups excluding carboxylic acids is 11. The number of rotatable bonds is 44. The molecular weight excluding hydrogens is 1880 g/mol. The van der Waals surface area contributed by atoms with Crippen LogP contribution >= 0.6 is 0 Å². The Balaban J connectivity index is 0.623. The third-order valence-corrected chi connectivity index (χ3v) is 27.8. The van der Waals surface area contributed by atoms with Crippen LogP contribution in [0, 0.1) is 0 Å². The van der Waals surface area contributed by atoms with E-state index in [0.29, 0.717) is 110 Å². The van der Waals surface area contributed by atoms with Crippen molar-refractivity contribution in [1.29, 1.82) is 0 Å². The van der Waals surface area contributed by atoms with Crippen molar-refractivity contribution in [3.05, 3.63) is 348 Å². The lowest BCUT2D eigenvalue weighted by Crippen LogP contribution is -2.61. The summed E-state index contributed by atoms with van der Waals surface area (Å²) >= 11 is 0. The number of primary amides is 1. The highest BCUT2D eigenvalue weighted by atomic mass is 16.5. The summed E-state index contributed by atoms with van der Waals surface area (Å²) in [6.07, 6.45) is 7.87. The molecule has 10 aromatic carbocycles. The quantitative estimate of drug-likeness (QED) is 0.0169. The fourth-order valence-corrected chi connectivity index (χ4v) is 20.2. The second-order valence-electron chi connectivity index (χ2n) is 37.3. The molecule has 0 saturated carbocycles. The zero-order valence-electron chi connectivity index (χ0n) is 79.9. The number of alkyl carbamates (subject to hydrolysis) is 1.